The first kappa shape index (κ1) is 24.1. The van der Waals surface area contributed by atoms with Crippen LogP contribution in [0.4, 0.5) is 0 Å². The van der Waals surface area contributed by atoms with E-state index in [0.29, 0.717) is 66.6 Å². The highest BCUT2D eigenvalue weighted by Crippen LogP contribution is 2.45. The van der Waals surface area contributed by atoms with Crippen molar-refractivity contribution < 1.29 is 28.5 Å². The van der Waals surface area contributed by atoms with Crippen LogP contribution in [-0.2, 0) is 0 Å². The Kier molecular flexibility index (Phi) is 7.11. The third-order valence-electron chi connectivity index (χ3n) is 6.45. The van der Waals surface area contributed by atoms with Gasteiger partial charge in [-0.2, -0.15) is 0 Å². The van der Waals surface area contributed by atoms with Gasteiger partial charge >= 0.3 is 0 Å². The summed E-state index contributed by atoms with van der Waals surface area (Å²) in [5.41, 5.74) is 1.07. The minimum absolute atomic E-state index is 0.0421. The van der Waals surface area contributed by atoms with Gasteiger partial charge in [0.15, 0.2) is 0 Å². The highest BCUT2D eigenvalue weighted by atomic mass is 32.2. The van der Waals surface area contributed by atoms with Gasteiger partial charge in [0.05, 0.1) is 33.3 Å². The molecule has 0 bridgehead atoms. The van der Waals surface area contributed by atoms with Gasteiger partial charge in [0.1, 0.15) is 23.0 Å². The predicted octanol–water partition coefficient (Wildman–Crippen LogP) is 3.54. The molecule has 4 rings (SSSR count). The summed E-state index contributed by atoms with van der Waals surface area (Å²) in [6, 6.07) is 10.4. The zero-order chi connectivity index (χ0) is 24.3. The van der Waals surface area contributed by atoms with Crippen LogP contribution >= 0.6 is 11.8 Å². The molecule has 0 saturated carbocycles. The molecule has 0 atom stereocenters. The molecular formula is C25H30N2O6S. The predicted molar refractivity (Wildman–Crippen MR) is 130 cm³/mol. The third kappa shape index (κ3) is 4.61. The molecule has 2 heterocycles. The van der Waals surface area contributed by atoms with E-state index in [9.17, 15) is 9.59 Å². The third-order valence-corrected chi connectivity index (χ3v) is 8.00. The zero-order valence-corrected chi connectivity index (χ0v) is 20.8. The van der Waals surface area contributed by atoms with Crippen LogP contribution in [0.3, 0.4) is 0 Å². The molecule has 2 saturated heterocycles. The Labute approximate surface area is 204 Å². The highest BCUT2D eigenvalue weighted by Gasteiger charge is 2.47. The molecule has 2 aliphatic heterocycles. The maximum Gasteiger partial charge on any atom is 0.255 e. The Morgan fingerprint density at radius 2 is 1.15 bits per heavy atom. The average molecular weight is 487 g/mol. The molecule has 2 aliphatic rings. The second-order valence-electron chi connectivity index (χ2n) is 8.25. The van der Waals surface area contributed by atoms with Crippen molar-refractivity contribution in [1.29, 1.82) is 0 Å². The number of benzene rings is 2. The number of piperidine rings is 1. The number of ether oxygens (including phenoxy) is 4. The Balaban J connectivity index is 1.50. The topological polar surface area (TPSA) is 77.5 Å². The first-order valence-electron chi connectivity index (χ1n) is 11.1. The number of likely N-dealkylation sites (tertiary alicyclic amines) is 1. The van der Waals surface area contributed by atoms with Gasteiger partial charge in [-0.05, 0) is 37.1 Å². The molecular weight excluding hydrogens is 456 g/mol. The summed E-state index contributed by atoms with van der Waals surface area (Å²) in [5.74, 6) is 3.08. The molecule has 2 aromatic rings. The fourth-order valence-electron chi connectivity index (χ4n) is 4.57. The number of carbonyl (C=O) groups excluding carboxylic acids is 2. The van der Waals surface area contributed by atoms with Gasteiger partial charge in [-0.3, -0.25) is 9.59 Å². The quantitative estimate of drug-likeness (QED) is 0.618. The first-order valence-corrected chi connectivity index (χ1v) is 12.1. The van der Waals surface area contributed by atoms with Crippen LogP contribution in [0.25, 0.3) is 0 Å². The van der Waals surface area contributed by atoms with Gasteiger partial charge in [0, 0.05) is 48.6 Å². The lowest BCUT2D eigenvalue weighted by molar-refractivity contribution is 0.0497. The monoisotopic (exact) mass is 486 g/mol. The summed E-state index contributed by atoms with van der Waals surface area (Å²) in [6.07, 6.45) is 1.41. The number of methoxy groups -OCH3 is 4. The smallest absolute Gasteiger partial charge is 0.255 e. The van der Waals surface area contributed by atoms with E-state index >= 15 is 0 Å². The van der Waals surface area contributed by atoms with Crippen LogP contribution in [0.1, 0.15) is 33.6 Å². The van der Waals surface area contributed by atoms with Crippen molar-refractivity contribution in [3.8, 4) is 23.0 Å². The normalized spacial score (nSPS) is 16.9. The van der Waals surface area contributed by atoms with E-state index in [0.717, 1.165) is 5.75 Å². The summed E-state index contributed by atoms with van der Waals surface area (Å²) >= 11 is 1.80. The maximum atomic E-state index is 13.5. The van der Waals surface area contributed by atoms with Crippen molar-refractivity contribution in [3.05, 3.63) is 47.5 Å². The van der Waals surface area contributed by atoms with Crippen LogP contribution in [0.5, 0.6) is 23.0 Å². The summed E-state index contributed by atoms with van der Waals surface area (Å²) in [6.45, 7) is 1.80. The molecule has 2 fully saturated rings. The van der Waals surface area contributed by atoms with Crippen molar-refractivity contribution in [2.45, 2.75) is 17.7 Å². The van der Waals surface area contributed by atoms with Crippen LogP contribution in [0.2, 0.25) is 0 Å². The number of amides is 2. The molecule has 182 valence electrons. The number of hydrogen-bond donors (Lipinski definition) is 0. The first-order chi connectivity index (χ1) is 16.4. The van der Waals surface area contributed by atoms with Gasteiger partial charge in [-0.15, -0.1) is 11.8 Å². The summed E-state index contributed by atoms with van der Waals surface area (Å²) < 4.78 is 21.3. The fraction of sp³-hybridized carbons (Fsp3) is 0.440. The molecule has 1 spiro atoms. The fourth-order valence-corrected chi connectivity index (χ4v) is 6.02. The Morgan fingerprint density at radius 3 is 1.59 bits per heavy atom. The van der Waals surface area contributed by atoms with E-state index in [-0.39, 0.29) is 16.7 Å². The Morgan fingerprint density at radius 1 is 0.706 bits per heavy atom. The lowest BCUT2D eigenvalue weighted by Crippen LogP contribution is -2.53. The molecule has 0 N–H and O–H groups in total. The second-order valence-corrected chi connectivity index (χ2v) is 9.70. The molecule has 0 unspecified atom stereocenters. The van der Waals surface area contributed by atoms with Gasteiger partial charge in [-0.25, -0.2) is 0 Å². The van der Waals surface area contributed by atoms with E-state index in [2.05, 4.69) is 0 Å². The van der Waals surface area contributed by atoms with Gasteiger partial charge in [0.25, 0.3) is 11.8 Å². The zero-order valence-electron chi connectivity index (χ0n) is 20.0. The average Bonchev–Trinajstić information content (AvgIpc) is 3.29. The van der Waals surface area contributed by atoms with E-state index < -0.39 is 0 Å². The molecule has 0 radical (unpaired) electrons. The summed E-state index contributed by atoms with van der Waals surface area (Å²) in [4.78, 5) is 30.2. The number of nitrogens with zero attached hydrogens (tertiary/aromatic N) is 2. The van der Waals surface area contributed by atoms with E-state index in [1.54, 1.807) is 76.6 Å². The van der Waals surface area contributed by atoms with Gasteiger partial charge < -0.3 is 28.7 Å². The van der Waals surface area contributed by atoms with Crippen molar-refractivity contribution in [3.63, 3.8) is 0 Å². The van der Waals surface area contributed by atoms with Crippen LogP contribution in [-0.4, -0.2) is 80.3 Å². The standard InChI is InChI=1S/C25H30N2O6S/c1-30-19-11-17(12-20(15-19)31-2)23(28)26-7-5-25(6-8-26)27(9-10-34-25)24(29)18-13-21(32-3)16-22(14-18)33-4/h11-16H,5-10H2,1-4H3. The van der Waals surface area contributed by atoms with E-state index in [1.165, 1.54) is 0 Å². The van der Waals surface area contributed by atoms with E-state index in [1.807, 2.05) is 9.80 Å². The van der Waals surface area contributed by atoms with Crippen molar-refractivity contribution in [2.24, 2.45) is 0 Å². The molecule has 9 heteroatoms. The minimum atomic E-state index is -0.323. The Hall–Kier alpha value is -3.07. The van der Waals surface area contributed by atoms with Crippen molar-refractivity contribution in [1.82, 2.24) is 9.80 Å². The van der Waals surface area contributed by atoms with Gasteiger partial charge in [0.2, 0.25) is 0 Å². The molecule has 8 nitrogen and oxygen atoms in total. The summed E-state index contributed by atoms with van der Waals surface area (Å²) in [5, 5.41) is 0. The summed E-state index contributed by atoms with van der Waals surface area (Å²) in [7, 11) is 6.27. The number of hydrogen-bond acceptors (Lipinski definition) is 7. The SMILES string of the molecule is COc1cc(OC)cc(C(=O)N2CCC3(CC2)SCCN3C(=O)c2cc(OC)cc(OC)c2)c1. The maximum absolute atomic E-state index is 13.5. The minimum Gasteiger partial charge on any atom is -0.497 e. The largest absolute Gasteiger partial charge is 0.497 e. The number of carbonyl (C=O) groups is 2. The lowest BCUT2D eigenvalue weighted by atomic mass is 10.00. The second kappa shape index (κ2) is 10.0. The lowest BCUT2D eigenvalue weighted by Gasteiger charge is -2.44. The molecule has 0 aliphatic carbocycles. The van der Waals surface area contributed by atoms with Gasteiger partial charge in [-0.1, -0.05) is 0 Å². The molecule has 0 aromatic heterocycles. The van der Waals surface area contributed by atoms with Crippen molar-refractivity contribution in [2.75, 3.05) is 53.8 Å². The van der Waals surface area contributed by atoms with Crippen LogP contribution in [0, 0.1) is 0 Å². The number of rotatable bonds is 6. The molecule has 2 aromatic carbocycles. The number of thioether (sulfide) groups is 1. The molecule has 2 amide bonds. The Bertz CT molecular complexity index is 1020. The van der Waals surface area contributed by atoms with Crippen LogP contribution in [0.15, 0.2) is 36.4 Å². The van der Waals surface area contributed by atoms with E-state index in [4.69, 9.17) is 18.9 Å². The highest BCUT2D eigenvalue weighted by molar-refractivity contribution is 8.00. The van der Waals surface area contributed by atoms with Crippen LogP contribution < -0.4 is 18.9 Å². The molecule has 34 heavy (non-hydrogen) atoms. The van der Waals surface area contributed by atoms with Crippen molar-refractivity contribution >= 4 is 23.6 Å².